The summed E-state index contributed by atoms with van der Waals surface area (Å²) >= 11 is 0. The fourth-order valence-electron chi connectivity index (χ4n) is 3.33. The van der Waals surface area contributed by atoms with Crippen LogP contribution >= 0.6 is 0 Å². The quantitative estimate of drug-likeness (QED) is 0.746. The molecule has 23 heavy (non-hydrogen) atoms. The van der Waals surface area contributed by atoms with Gasteiger partial charge in [-0.15, -0.1) is 0 Å². The molecule has 2 aromatic heterocycles. The Hall–Kier alpha value is -2.56. The molecule has 3 aromatic rings. The van der Waals surface area contributed by atoms with Crippen molar-refractivity contribution in [2.45, 2.75) is 40.8 Å². The van der Waals surface area contributed by atoms with Crippen molar-refractivity contribution in [1.82, 2.24) is 13.7 Å². The molecule has 5 heteroatoms. The van der Waals surface area contributed by atoms with Gasteiger partial charge in [0.05, 0.1) is 11.0 Å². The van der Waals surface area contributed by atoms with Crippen LogP contribution in [0.1, 0.15) is 25.2 Å². The summed E-state index contributed by atoms with van der Waals surface area (Å²) in [6, 6.07) is 9.26. The molecule has 120 valence electrons. The summed E-state index contributed by atoms with van der Waals surface area (Å²) in [5.74, 6) is 0. The first-order valence-electron chi connectivity index (χ1n) is 7.91. The monoisotopic (exact) mass is 311 g/mol. The highest BCUT2D eigenvalue weighted by atomic mass is 16.1. The second kappa shape index (κ2) is 5.57. The van der Waals surface area contributed by atoms with Crippen molar-refractivity contribution in [3.8, 4) is 5.69 Å². The molecular formula is C18H21N3O2. The van der Waals surface area contributed by atoms with Crippen molar-refractivity contribution >= 4 is 11.0 Å². The average Bonchev–Trinajstić information content (AvgIpc) is 2.76. The largest absolute Gasteiger partial charge is 0.329 e. The van der Waals surface area contributed by atoms with Gasteiger partial charge in [0.1, 0.15) is 0 Å². The van der Waals surface area contributed by atoms with Gasteiger partial charge in [-0.25, -0.2) is 4.79 Å². The summed E-state index contributed by atoms with van der Waals surface area (Å²) in [6.45, 7) is 9.07. The third-order valence-electron chi connectivity index (χ3n) is 4.30. The summed E-state index contributed by atoms with van der Waals surface area (Å²) in [6.07, 6.45) is 0. The number of pyridine rings is 1. The van der Waals surface area contributed by atoms with E-state index in [0.717, 1.165) is 28.1 Å². The highest BCUT2D eigenvalue weighted by Crippen LogP contribution is 2.20. The molecule has 0 radical (unpaired) electrons. The van der Waals surface area contributed by atoms with Crippen molar-refractivity contribution in [3.05, 3.63) is 62.4 Å². The van der Waals surface area contributed by atoms with E-state index in [2.05, 4.69) is 0 Å². The van der Waals surface area contributed by atoms with Crippen LogP contribution in [-0.4, -0.2) is 13.7 Å². The molecule has 0 saturated carbocycles. The molecule has 0 atom stereocenters. The molecule has 0 aliphatic carbocycles. The number of imidazole rings is 1. The third-order valence-corrected chi connectivity index (χ3v) is 4.30. The van der Waals surface area contributed by atoms with E-state index < -0.39 is 0 Å². The van der Waals surface area contributed by atoms with Crippen LogP contribution in [0.5, 0.6) is 0 Å². The lowest BCUT2D eigenvalue weighted by Gasteiger charge is -2.14. The molecule has 0 aliphatic rings. The Kier molecular flexibility index (Phi) is 3.72. The van der Waals surface area contributed by atoms with E-state index in [1.54, 1.807) is 21.3 Å². The topological polar surface area (TPSA) is 48.9 Å². The lowest BCUT2D eigenvalue weighted by Crippen LogP contribution is -2.23. The summed E-state index contributed by atoms with van der Waals surface area (Å²) in [5.41, 5.74) is 4.64. The minimum atomic E-state index is 0.0138. The molecule has 2 heterocycles. The second-order valence-electron chi connectivity index (χ2n) is 5.75. The van der Waals surface area contributed by atoms with Gasteiger partial charge in [-0.05, 0) is 45.9 Å². The molecule has 0 spiro atoms. The number of aromatic nitrogens is 3. The zero-order valence-electron chi connectivity index (χ0n) is 14.0. The third kappa shape index (κ3) is 2.32. The molecule has 0 N–H and O–H groups in total. The highest BCUT2D eigenvalue weighted by Gasteiger charge is 2.13. The van der Waals surface area contributed by atoms with E-state index in [1.165, 1.54) is 0 Å². The Bertz CT molecular complexity index is 979. The van der Waals surface area contributed by atoms with Crippen LogP contribution in [0, 0.1) is 13.8 Å². The van der Waals surface area contributed by atoms with Gasteiger partial charge in [-0.1, -0.05) is 0 Å². The molecule has 3 rings (SSSR count). The van der Waals surface area contributed by atoms with Crippen LogP contribution in [0.15, 0.2) is 39.9 Å². The van der Waals surface area contributed by atoms with E-state index >= 15 is 0 Å². The van der Waals surface area contributed by atoms with Gasteiger partial charge in [0, 0.05) is 42.3 Å². The van der Waals surface area contributed by atoms with E-state index in [4.69, 9.17) is 0 Å². The Balaban J connectivity index is 2.34. The zero-order chi connectivity index (χ0) is 16.7. The number of fused-ring (bicyclic) bond motifs is 1. The van der Waals surface area contributed by atoms with Crippen LogP contribution in [-0.2, 0) is 13.1 Å². The maximum Gasteiger partial charge on any atom is 0.329 e. The molecule has 0 bridgehead atoms. The summed E-state index contributed by atoms with van der Waals surface area (Å²) in [7, 11) is 0. The summed E-state index contributed by atoms with van der Waals surface area (Å²) < 4.78 is 5.61. The van der Waals surface area contributed by atoms with E-state index in [9.17, 15) is 9.59 Å². The first-order chi connectivity index (χ1) is 11.0. The number of rotatable bonds is 3. The first kappa shape index (κ1) is 15.3. The predicted molar refractivity (Wildman–Crippen MR) is 92.6 cm³/mol. The van der Waals surface area contributed by atoms with Gasteiger partial charge in [-0.2, -0.15) is 0 Å². The highest BCUT2D eigenvalue weighted by molar-refractivity contribution is 5.78. The number of hydrogen-bond donors (Lipinski definition) is 0. The van der Waals surface area contributed by atoms with E-state index in [0.29, 0.717) is 13.1 Å². The fraction of sp³-hybridized carbons (Fsp3) is 0.333. The van der Waals surface area contributed by atoms with Gasteiger partial charge in [0.2, 0.25) is 0 Å². The fourth-order valence-corrected chi connectivity index (χ4v) is 3.33. The molecule has 1 aromatic carbocycles. The molecule has 0 saturated heterocycles. The van der Waals surface area contributed by atoms with Crippen molar-refractivity contribution in [1.29, 1.82) is 0 Å². The van der Waals surface area contributed by atoms with Crippen LogP contribution in [0.2, 0.25) is 0 Å². The number of hydrogen-bond acceptors (Lipinski definition) is 2. The Morgan fingerprint density at radius 2 is 1.39 bits per heavy atom. The minimum absolute atomic E-state index is 0.0138. The molecular weight excluding hydrogens is 290 g/mol. The molecule has 0 fully saturated rings. The van der Waals surface area contributed by atoms with Gasteiger partial charge in [0.15, 0.2) is 5.43 Å². The number of aryl methyl sites for hydroxylation is 4. The second-order valence-corrected chi connectivity index (χ2v) is 5.75. The Morgan fingerprint density at radius 3 is 1.96 bits per heavy atom. The van der Waals surface area contributed by atoms with Crippen molar-refractivity contribution in [2.75, 3.05) is 0 Å². The number of nitrogens with zero attached hydrogens (tertiary/aromatic N) is 3. The first-order valence-corrected chi connectivity index (χ1v) is 7.91. The van der Waals surface area contributed by atoms with E-state index in [1.807, 2.05) is 50.5 Å². The van der Waals surface area contributed by atoms with Crippen LogP contribution in [0.4, 0.5) is 0 Å². The lowest BCUT2D eigenvalue weighted by molar-refractivity contribution is 0.670. The molecule has 0 unspecified atom stereocenters. The molecule has 5 nitrogen and oxygen atoms in total. The van der Waals surface area contributed by atoms with Crippen LogP contribution in [0.25, 0.3) is 16.7 Å². The predicted octanol–water partition coefficient (Wildman–Crippen LogP) is 2.61. The molecule has 0 amide bonds. The lowest BCUT2D eigenvalue weighted by atomic mass is 10.2. The van der Waals surface area contributed by atoms with Gasteiger partial charge >= 0.3 is 5.69 Å². The molecule has 0 aliphatic heterocycles. The number of benzene rings is 1. The summed E-state index contributed by atoms with van der Waals surface area (Å²) in [5, 5.41) is 0. The van der Waals surface area contributed by atoms with Gasteiger partial charge in [0.25, 0.3) is 0 Å². The Labute approximate surface area is 134 Å². The normalized spacial score (nSPS) is 11.3. The van der Waals surface area contributed by atoms with Crippen molar-refractivity contribution in [3.63, 3.8) is 0 Å². The van der Waals surface area contributed by atoms with Gasteiger partial charge < -0.3 is 4.57 Å². The standard InChI is InChI=1S/C18H21N3O2/c1-5-19-16-8-7-14(11-17(16)20(6-2)18(19)23)21-12(3)9-15(22)10-13(21)4/h7-11H,5-6H2,1-4H3. The van der Waals surface area contributed by atoms with Crippen molar-refractivity contribution < 1.29 is 0 Å². The SMILES string of the molecule is CCn1c(=O)n(CC)c2cc(-n3c(C)cc(=O)cc3C)ccc21. The van der Waals surface area contributed by atoms with Crippen LogP contribution in [0.3, 0.4) is 0 Å². The minimum Gasteiger partial charge on any atom is -0.318 e. The van der Waals surface area contributed by atoms with Crippen LogP contribution < -0.4 is 11.1 Å². The smallest absolute Gasteiger partial charge is 0.318 e. The Morgan fingerprint density at radius 1 is 0.826 bits per heavy atom. The maximum absolute atomic E-state index is 12.5. The average molecular weight is 311 g/mol. The van der Waals surface area contributed by atoms with E-state index in [-0.39, 0.29) is 11.1 Å². The summed E-state index contributed by atoms with van der Waals surface area (Å²) in [4.78, 5) is 24.1. The van der Waals surface area contributed by atoms with Gasteiger partial charge in [-0.3, -0.25) is 13.9 Å². The maximum atomic E-state index is 12.5. The zero-order valence-corrected chi connectivity index (χ0v) is 14.0. The van der Waals surface area contributed by atoms with Crippen molar-refractivity contribution in [2.24, 2.45) is 0 Å².